The zero-order valence-corrected chi connectivity index (χ0v) is 23.8. The van der Waals surface area contributed by atoms with E-state index in [1.54, 1.807) is 11.3 Å². The van der Waals surface area contributed by atoms with E-state index in [0.717, 1.165) is 44.2 Å². The number of hydrogen-bond donors (Lipinski definition) is 1. The van der Waals surface area contributed by atoms with Gasteiger partial charge in [-0.25, -0.2) is 4.98 Å². The van der Waals surface area contributed by atoms with Crippen LogP contribution in [0.2, 0.25) is 5.02 Å². The summed E-state index contributed by atoms with van der Waals surface area (Å²) in [5.41, 5.74) is 3.72. The standard InChI is InChI=1S/C16H19ClN2S.C9H17NO2.C3H8/c1-11-3-4-13(15(17)7-11)8-19-6-5-14(9-19)16-10-20-12(2)18-16;1-10-6-4-8(5-7-10)2-3-9(11)12;1-3-2/h3-4,7,10,14H,5-6,8-9H2,1-2H3;8H,2-7H2,1H3,(H,11,12);3H2,1-2H3. The van der Waals surface area contributed by atoms with Crippen LogP contribution in [0.4, 0.5) is 0 Å². The number of piperidine rings is 1. The number of carbonyl (C=O) groups is 1. The molecule has 2 aromatic rings. The Hall–Kier alpha value is -1.47. The number of benzene rings is 1. The normalized spacial score (nSPS) is 19.0. The predicted octanol–water partition coefficient (Wildman–Crippen LogP) is 7.01. The SMILES string of the molecule is CCC.CN1CCC(CCC(=O)O)CC1.Cc1ccc(CN2CCC(c3csc(C)n3)C2)c(Cl)c1. The van der Waals surface area contributed by atoms with E-state index >= 15 is 0 Å². The number of halogens is 1. The Balaban J connectivity index is 0.000000246. The Morgan fingerprint density at radius 1 is 1.17 bits per heavy atom. The Morgan fingerprint density at radius 3 is 2.43 bits per heavy atom. The lowest BCUT2D eigenvalue weighted by atomic mass is 9.92. The van der Waals surface area contributed by atoms with Crippen LogP contribution in [0, 0.1) is 19.8 Å². The van der Waals surface area contributed by atoms with Crippen LogP contribution < -0.4 is 0 Å². The molecule has 4 rings (SSSR count). The van der Waals surface area contributed by atoms with E-state index in [2.05, 4.69) is 67.0 Å². The molecule has 35 heavy (non-hydrogen) atoms. The first-order valence-electron chi connectivity index (χ1n) is 13.0. The minimum absolute atomic E-state index is 0.342. The molecule has 3 heterocycles. The van der Waals surface area contributed by atoms with Crippen molar-refractivity contribution >= 4 is 28.9 Å². The molecule has 0 spiro atoms. The molecule has 1 atom stereocenters. The van der Waals surface area contributed by atoms with Gasteiger partial charge in [0.2, 0.25) is 0 Å². The van der Waals surface area contributed by atoms with E-state index in [1.165, 1.54) is 47.5 Å². The van der Waals surface area contributed by atoms with Crippen LogP contribution in [0.1, 0.15) is 80.1 Å². The van der Waals surface area contributed by atoms with Crippen molar-refractivity contribution in [3.8, 4) is 0 Å². The quantitative estimate of drug-likeness (QED) is 0.443. The number of nitrogens with zero attached hydrogens (tertiary/aromatic N) is 3. The van der Waals surface area contributed by atoms with Crippen LogP contribution in [0.5, 0.6) is 0 Å². The number of aromatic nitrogens is 1. The maximum atomic E-state index is 10.3. The molecule has 7 heteroatoms. The van der Waals surface area contributed by atoms with Gasteiger partial charge in [0.05, 0.1) is 10.7 Å². The fourth-order valence-electron chi connectivity index (χ4n) is 4.49. The molecule has 0 saturated carbocycles. The Bertz CT molecular complexity index is 896. The van der Waals surface area contributed by atoms with E-state index in [9.17, 15) is 4.79 Å². The zero-order valence-electron chi connectivity index (χ0n) is 22.2. The van der Waals surface area contributed by atoms with Crippen molar-refractivity contribution in [1.82, 2.24) is 14.8 Å². The van der Waals surface area contributed by atoms with Crippen molar-refractivity contribution in [1.29, 1.82) is 0 Å². The summed E-state index contributed by atoms with van der Waals surface area (Å²) in [7, 11) is 2.12. The molecular formula is C28H44ClN3O2S. The first kappa shape index (κ1) is 29.8. The highest BCUT2D eigenvalue weighted by Gasteiger charge is 2.25. The van der Waals surface area contributed by atoms with Gasteiger partial charge in [-0.05, 0) is 89.3 Å². The van der Waals surface area contributed by atoms with Crippen LogP contribution in [-0.2, 0) is 11.3 Å². The van der Waals surface area contributed by atoms with Gasteiger partial charge in [0.1, 0.15) is 0 Å². The van der Waals surface area contributed by atoms with Crippen LogP contribution in [0.15, 0.2) is 23.6 Å². The van der Waals surface area contributed by atoms with Crippen LogP contribution in [0.3, 0.4) is 0 Å². The molecule has 0 bridgehead atoms. The molecule has 2 aliphatic heterocycles. The van der Waals surface area contributed by atoms with Crippen molar-refractivity contribution in [2.45, 2.75) is 78.7 Å². The fraction of sp³-hybridized carbons (Fsp3) is 0.643. The largest absolute Gasteiger partial charge is 0.481 e. The lowest BCUT2D eigenvalue weighted by molar-refractivity contribution is -0.137. The summed E-state index contributed by atoms with van der Waals surface area (Å²) in [5, 5.41) is 12.8. The molecule has 0 aliphatic carbocycles. The van der Waals surface area contributed by atoms with E-state index in [-0.39, 0.29) is 0 Å². The molecule has 0 radical (unpaired) electrons. The summed E-state index contributed by atoms with van der Waals surface area (Å²) in [5.74, 6) is 0.579. The van der Waals surface area contributed by atoms with Gasteiger partial charge in [0.15, 0.2) is 0 Å². The van der Waals surface area contributed by atoms with Crippen molar-refractivity contribution in [3.63, 3.8) is 0 Å². The summed E-state index contributed by atoms with van der Waals surface area (Å²) in [6.45, 7) is 13.8. The lowest BCUT2D eigenvalue weighted by Crippen LogP contribution is -2.30. The van der Waals surface area contributed by atoms with Gasteiger partial charge in [-0.2, -0.15) is 0 Å². The second kappa shape index (κ2) is 15.6. The van der Waals surface area contributed by atoms with Crippen LogP contribution in [0.25, 0.3) is 0 Å². The Labute approximate surface area is 221 Å². The monoisotopic (exact) mass is 521 g/mol. The summed E-state index contributed by atoms with van der Waals surface area (Å²) in [6.07, 6.45) is 6.00. The first-order valence-corrected chi connectivity index (χ1v) is 14.3. The molecule has 1 aromatic carbocycles. The second-order valence-corrected chi connectivity index (χ2v) is 11.5. The van der Waals surface area contributed by atoms with Gasteiger partial charge < -0.3 is 10.0 Å². The highest BCUT2D eigenvalue weighted by atomic mass is 35.5. The fourth-order valence-corrected chi connectivity index (χ4v) is 5.47. The summed E-state index contributed by atoms with van der Waals surface area (Å²) >= 11 is 8.08. The van der Waals surface area contributed by atoms with Crippen molar-refractivity contribution in [3.05, 3.63) is 50.4 Å². The third-order valence-electron chi connectivity index (χ3n) is 6.53. The second-order valence-electron chi connectivity index (χ2n) is 9.99. The van der Waals surface area contributed by atoms with Gasteiger partial charge >= 0.3 is 5.97 Å². The molecular weight excluding hydrogens is 478 g/mol. The van der Waals surface area contributed by atoms with E-state index in [1.807, 2.05) is 6.07 Å². The van der Waals surface area contributed by atoms with Crippen LogP contribution in [-0.4, -0.2) is 59.1 Å². The van der Waals surface area contributed by atoms with Gasteiger partial charge in [0, 0.05) is 35.8 Å². The Morgan fingerprint density at radius 2 is 1.86 bits per heavy atom. The van der Waals surface area contributed by atoms with Crippen molar-refractivity contribution < 1.29 is 9.90 Å². The molecule has 1 unspecified atom stereocenters. The maximum Gasteiger partial charge on any atom is 0.303 e. The minimum atomic E-state index is -0.658. The van der Waals surface area contributed by atoms with Crippen molar-refractivity contribution in [2.75, 3.05) is 33.2 Å². The number of carboxylic acids is 1. The molecule has 1 N–H and O–H groups in total. The van der Waals surface area contributed by atoms with Gasteiger partial charge in [0.25, 0.3) is 0 Å². The van der Waals surface area contributed by atoms with Gasteiger partial charge in [-0.15, -0.1) is 11.3 Å². The topological polar surface area (TPSA) is 56.7 Å². The molecule has 196 valence electrons. The predicted molar refractivity (Wildman–Crippen MR) is 149 cm³/mol. The number of rotatable bonds is 6. The molecule has 1 aromatic heterocycles. The molecule has 0 amide bonds. The maximum absolute atomic E-state index is 10.3. The summed E-state index contributed by atoms with van der Waals surface area (Å²) in [6, 6.07) is 6.34. The number of aliphatic carboxylic acids is 1. The smallest absolute Gasteiger partial charge is 0.303 e. The molecule has 2 saturated heterocycles. The third-order valence-corrected chi connectivity index (χ3v) is 7.68. The summed E-state index contributed by atoms with van der Waals surface area (Å²) < 4.78 is 0. The number of likely N-dealkylation sites (tertiary alicyclic amines) is 2. The van der Waals surface area contributed by atoms with E-state index in [0.29, 0.717) is 18.3 Å². The lowest BCUT2D eigenvalue weighted by Gasteiger charge is -2.28. The number of hydrogen-bond acceptors (Lipinski definition) is 5. The van der Waals surface area contributed by atoms with E-state index in [4.69, 9.17) is 16.7 Å². The average Bonchev–Trinajstić information content (AvgIpc) is 3.45. The number of carboxylic acid groups (broad SMARTS) is 1. The number of thiazole rings is 1. The average molecular weight is 522 g/mol. The van der Waals surface area contributed by atoms with E-state index < -0.39 is 5.97 Å². The zero-order chi connectivity index (χ0) is 25.8. The van der Waals surface area contributed by atoms with Crippen LogP contribution >= 0.6 is 22.9 Å². The first-order chi connectivity index (χ1) is 16.7. The van der Waals surface area contributed by atoms with Gasteiger partial charge in [-0.3, -0.25) is 9.69 Å². The Kier molecular flexibility index (Phi) is 13.3. The van der Waals surface area contributed by atoms with Gasteiger partial charge in [-0.1, -0.05) is 44.0 Å². The molecule has 2 aliphatic rings. The highest BCUT2D eigenvalue weighted by Crippen LogP contribution is 2.30. The number of aryl methyl sites for hydroxylation is 2. The third kappa shape index (κ3) is 11.0. The molecule has 5 nitrogen and oxygen atoms in total. The minimum Gasteiger partial charge on any atom is -0.481 e. The molecule has 2 fully saturated rings. The summed E-state index contributed by atoms with van der Waals surface area (Å²) in [4.78, 5) is 19.7. The van der Waals surface area contributed by atoms with Crippen molar-refractivity contribution in [2.24, 2.45) is 5.92 Å². The highest BCUT2D eigenvalue weighted by molar-refractivity contribution is 7.09.